The molecule has 1 saturated heterocycles. The Morgan fingerprint density at radius 2 is 2.12 bits per heavy atom. The largest absolute Gasteiger partial charge is 0.276 e. The summed E-state index contributed by atoms with van der Waals surface area (Å²) in [6.07, 6.45) is 2.40. The van der Waals surface area contributed by atoms with Gasteiger partial charge in [-0.2, -0.15) is 4.68 Å². The van der Waals surface area contributed by atoms with E-state index in [4.69, 9.17) is 12.2 Å². The smallest absolute Gasteiger partial charge is 0.221 e. The van der Waals surface area contributed by atoms with Gasteiger partial charge in [0.05, 0.1) is 12.4 Å². The van der Waals surface area contributed by atoms with Gasteiger partial charge in [0.15, 0.2) is 0 Å². The fourth-order valence-electron chi connectivity index (χ4n) is 3.43. The quantitative estimate of drug-likeness (QED) is 0.642. The Balaban J connectivity index is 1.61. The van der Waals surface area contributed by atoms with Gasteiger partial charge >= 0.3 is 0 Å². The van der Waals surface area contributed by atoms with Gasteiger partial charge in [-0.1, -0.05) is 18.2 Å². The van der Waals surface area contributed by atoms with Gasteiger partial charge < -0.3 is 0 Å². The predicted molar refractivity (Wildman–Crippen MR) is 103 cm³/mol. The Morgan fingerprint density at radius 3 is 2.92 bits per heavy atom. The lowest BCUT2D eigenvalue weighted by Gasteiger charge is -2.22. The number of rotatable bonds is 4. The first-order chi connectivity index (χ1) is 12.1. The zero-order chi connectivity index (χ0) is 17.4. The highest BCUT2D eigenvalue weighted by Crippen LogP contribution is 2.34. The van der Waals surface area contributed by atoms with Gasteiger partial charge in [-0.3, -0.25) is 4.90 Å². The zero-order valence-corrected chi connectivity index (χ0v) is 16.1. The summed E-state index contributed by atoms with van der Waals surface area (Å²) in [5.41, 5.74) is 3.34. The van der Waals surface area contributed by atoms with Gasteiger partial charge in [0.1, 0.15) is 0 Å². The molecule has 0 amide bonds. The van der Waals surface area contributed by atoms with E-state index in [2.05, 4.69) is 64.9 Å². The summed E-state index contributed by atoms with van der Waals surface area (Å²) in [5.74, 6) is 0. The number of benzene rings is 1. The van der Waals surface area contributed by atoms with E-state index in [9.17, 15) is 0 Å². The van der Waals surface area contributed by atoms with Crippen molar-refractivity contribution in [2.24, 2.45) is 0 Å². The summed E-state index contributed by atoms with van der Waals surface area (Å²) in [6, 6.07) is 11.1. The highest BCUT2D eigenvalue weighted by Gasteiger charge is 2.27. The molecule has 2 aromatic heterocycles. The van der Waals surface area contributed by atoms with Crippen LogP contribution in [0.4, 0.5) is 0 Å². The van der Waals surface area contributed by atoms with Crippen molar-refractivity contribution in [2.75, 3.05) is 6.54 Å². The summed E-state index contributed by atoms with van der Waals surface area (Å²) in [4.78, 5) is 3.87. The van der Waals surface area contributed by atoms with Crippen LogP contribution in [0.5, 0.6) is 0 Å². The fraction of sp³-hybridized carbons (Fsp3) is 0.389. The summed E-state index contributed by atoms with van der Waals surface area (Å²) in [7, 11) is 0. The number of aryl methyl sites for hydroxylation is 2. The van der Waals surface area contributed by atoms with E-state index in [0.29, 0.717) is 17.5 Å². The third-order valence-electron chi connectivity index (χ3n) is 4.78. The van der Waals surface area contributed by atoms with Crippen molar-refractivity contribution in [1.82, 2.24) is 24.7 Å². The molecule has 0 saturated carbocycles. The van der Waals surface area contributed by atoms with Crippen LogP contribution in [0.1, 0.15) is 34.9 Å². The highest BCUT2D eigenvalue weighted by molar-refractivity contribution is 7.71. The minimum atomic E-state index is 0.466. The Kier molecular flexibility index (Phi) is 4.54. The molecule has 1 atom stereocenters. The monoisotopic (exact) mass is 371 g/mol. The third-order valence-corrected chi connectivity index (χ3v) is 6.14. The Bertz CT molecular complexity index is 925. The van der Waals surface area contributed by atoms with Crippen LogP contribution in [0, 0.1) is 18.6 Å². The van der Waals surface area contributed by atoms with Gasteiger partial charge in [0.2, 0.25) is 4.77 Å². The molecular weight excluding hydrogens is 350 g/mol. The first kappa shape index (κ1) is 16.6. The lowest BCUT2D eigenvalue weighted by Crippen LogP contribution is -2.26. The van der Waals surface area contributed by atoms with Crippen LogP contribution in [-0.4, -0.2) is 31.2 Å². The standard InChI is InChI=1S/C18H21N5S2/c1-13-7-8-14(2)16(11-13)23-18(24)22(19-20-23)12-21-9-3-5-15(21)17-6-4-10-25-17/h4,6-8,10-11,15H,3,5,9,12H2,1-2H3/t15-/m0/s1. The first-order valence-electron chi connectivity index (χ1n) is 8.51. The Labute approximate surface area is 156 Å². The average Bonchev–Trinajstić information content (AvgIpc) is 3.32. The number of hydrogen-bond acceptors (Lipinski definition) is 5. The van der Waals surface area contributed by atoms with Crippen molar-refractivity contribution in [3.63, 3.8) is 0 Å². The van der Waals surface area contributed by atoms with Crippen molar-refractivity contribution in [1.29, 1.82) is 0 Å². The summed E-state index contributed by atoms with van der Waals surface area (Å²) < 4.78 is 4.25. The van der Waals surface area contributed by atoms with E-state index in [0.717, 1.165) is 17.8 Å². The zero-order valence-electron chi connectivity index (χ0n) is 14.4. The van der Waals surface area contributed by atoms with E-state index < -0.39 is 0 Å². The van der Waals surface area contributed by atoms with E-state index in [1.807, 2.05) is 16.0 Å². The van der Waals surface area contributed by atoms with Crippen LogP contribution in [0.2, 0.25) is 0 Å². The lowest BCUT2D eigenvalue weighted by molar-refractivity contribution is 0.190. The van der Waals surface area contributed by atoms with E-state index in [1.54, 1.807) is 4.68 Å². The van der Waals surface area contributed by atoms with Gasteiger partial charge in [-0.15, -0.1) is 11.3 Å². The molecule has 0 bridgehead atoms. The van der Waals surface area contributed by atoms with Crippen LogP contribution in [0.15, 0.2) is 35.7 Å². The number of nitrogens with zero attached hydrogens (tertiary/aromatic N) is 5. The molecule has 1 fully saturated rings. The fourth-order valence-corrected chi connectivity index (χ4v) is 4.56. The lowest BCUT2D eigenvalue weighted by atomic mass is 10.1. The van der Waals surface area contributed by atoms with Gasteiger partial charge in [-0.05, 0) is 78.0 Å². The van der Waals surface area contributed by atoms with Crippen LogP contribution < -0.4 is 0 Å². The van der Waals surface area contributed by atoms with Crippen LogP contribution in [0.25, 0.3) is 5.69 Å². The Hall–Kier alpha value is -1.83. The second-order valence-corrected chi connectivity index (χ2v) is 7.93. The summed E-state index contributed by atoms with van der Waals surface area (Å²) in [6.45, 7) is 5.91. The van der Waals surface area contributed by atoms with Crippen molar-refractivity contribution in [3.8, 4) is 5.69 Å². The maximum atomic E-state index is 5.66. The number of aromatic nitrogens is 4. The van der Waals surface area contributed by atoms with Gasteiger partial charge in [0, 0.05) is 17.5 Å². The Morgan fingerprint density at radius 1 is 1.24 bits per heavy atom. The number of hydrogen-bond donors (Lipinski definition) is 0. The molecule has 4 rings (SSSR count). The third kappa shape index (κ3) is 3.19. The van der Waals surface area contributed by atoms with E-state index in [1.165, 1.54) is 23.3 Å². The summed E-state index contributed by atoms with van der Waals surface area (Å²) >= 11 is 7.49. The minimum Gasteiger partial charge on any atom is -0.276 e. The molecule has 7 heteroatoms. The van der Waals surface area contributed by atoms with Crippen molar-refractivity contribution < 1.29 is 0 Å². The number of thiophene rings is 1. The second-order valence-electron chi connectivity index (χ2n) is 6.59. The molecule has 130 valence electrons. The molecule has 0 N–H and O–H groups in total. The molecule has 0 spiro atoms. The molecule has 5 nitrogen and oxygen atoms in total. The molecule has 3 aromatic rings. The topological polar surface area (TPSA) is 38.9 Å². The molecule has 1 aliphatic heterocycles. The molecule has 0 aliphatic carbocycles. The first-order valence-corrected chi connectivity index (χ1v) is 9.80. The molecular formula is C18H21N5S2. The van der Waals surface area contributed by atoms with E-state index >= 15 is 0 Å². The van der Waals surface area contributed by atoms with E-state index in [-0.39, 0.29) is 0 Å². The second kappa shape index (κ2) is 6.82. The molecule has 0 unspecified atom stereocenters. The maximum absolute atomic E-state index is 5.66. The molecule has 25 heavy (non-hydrogen) atoms. The molecule has 0 radical (unpaired) electrons. The summed E-state index contributed by atoms with van der Waals surface area (Å²) in [5, 5.41) is 10.8. The van der Waals surface area contributed by atoms with Crippen molar-refractivity contribution in [3.05, 3.63) is 56.5 Å². The maximum Gasteiger partial charge on any atom is 0.221 e. The van der Waals surface area contributed by atoms with Crippen LogP contribution in [0.3, 0.4) is 0 Å². The molecule has 3 heterocycles. The highest BCUT2D eigenvalue weighted by atomic mass is 32.1. The average molecular weight is 372 g/mol. The SMILES string of the molecule is Cc1ccc(C)c(-n2nnn(CN3CCC[C@H]3c3cccs3)c2=S)c1. The molecule has 1 aromatic carbocycles. The van der Waals surface area contributed by atoms with Crippen molar-refractivity contribution in [2.45, 2.75) is 39.4 Å². The number of likely N-dealkylation sites (tertiary alicyclic amines) is 1. The van der Waals surface area contributed by atoms with Crippen LogP contribution in [-0.2, 0) is 6.67 Å². The molecule has 1 aliphatic rings. The normalized spacial score (nSPS) is 18.1. The van der Waals surface area contributed by atoms with Gasteiger partial charge in [-0.25, -0.2) is 4.68 Å². The van der Waals surface area contributed by atoms with Gasteiger partial charge in [0.25, 0.3) is 0 Å². The predicted octanol–water partition coefficient (Wildman–Crippen LogP) is 4.27. The minimum absolute atomic E-state index is 0.466. The number of tetrazole rings is 1. The van der Waals surface area contributed by atoms with Crippen LogP contribution >= 0.6 is 23.6 Å². The van der Waals surface area contributed by atoms with Crippen molar-refractivity contribution >= 4 is 23.6 Å².